The van der Waals surface area contributed by atoms with Gasteiger partial charge in [0.1, 0.15) is 11.9 Å². The molecule has 3 aromatic rings. The summed E-state index contributed by atoms with van der Waals surface area (Å²) in [6.07, 6.45) is 8.91. The summed E-state index contributed by atoms with van der Waals surface area (Å²) in [5.41, 5.74) is 3.74. The molecule has 0 radical (unpaired) electrons. The monoisotopic (exact) mass is 576 g/mol. The summed E-state index contributed by atoms with van der Waals surface area (Å²) in [5.74, 6) is 0.493. The average molecular weight is 577 g/mol. The lowest BCUT2D eigenvalue weighted by atomic mass is 9.96. The molecule has 11 heteroatoms. The minimum Gasteiger partial charge on any atom is -0.468 e. The maximum atomic E-state index is 12.9. The molecular formula is C30H36N6O4S. The number of nitrogens with zero attached hydrogens (tertiary/aromatic N) is 3. The van der Waals surface area contributed by atoms with Gasteiger partial charge >= 0.3 is 5.97 Å². The molecule has 2 atom stereocenters. The Kier molecular flexibility index (Phi) is 9.95. The van der Waals surface area contributed by atoms with E-state index in [1.54, 1.807) is 18.3 Å². The first kappa shape index (κ1) is 30.0. The molecule has 3 N–H and O–H groups in total. The minimum absolute atomic E-state index is 0. The standard InChI is InChI=1S/C30H34N6O4.H2S/c1-19(29(38)33-27-17-24(34-35-27)20-10-11-20)21-6-3-7-22(16-21)23-12-13-26(31-18-23)32-28(37)9-5-15-36-14-4-8-25(36)30(39)40-2;/h3,5-7,9,12-13,16-20,25H,4,8,10-11,14-15H2,1-2H3,(H,31,32,37)(H2,33,34,35,38);1H2/b9-5+;/t19?,25-;/m0./s1. The first-order valence-corrected chi connectivity index (χ1v) is 13.6. The van der Waals surface area contributed by atoms with E-state index in [9.17, 15) is 14.4 Å². The van der Waals surface area contributed by atoms with Crippen LogP contribution in [-0.4, -0.2) is 64.1 Å². The second kappa shape index (κ2) is 13.6. The maximum absolute atomic E-state index is 12.9. The third kappa shape index (κ3) is 7.62. The number of aromatic nitrogens is 3. The molecule has 41 heavy (non-hydrogen) atoms. The zero-order valence-electron chi connectivity index (χ0n) is 23.2. The molecule has 1 saturated carbocycles. The number of hydrogen-bond acceptors (Lipinski definition) is 7. The van der Waals surface area contributed by atoms with Crippen molar-refractivity contribution in [3.63, 3.8) is 0 Å². The number of aromatic amines is 1. The molecule has 2 aromatic heterocycles. The quantitative estimate of drug-likeness (QED) is 0.242. The number of amides is 2. The van der Waals surface area contributed by atoms with Gasteiger partial charge in [0.15, 0.2) is 5.82 Å². The third-order valence-electron chi connectivity index (χ3n) is 7.44. The lowest BCUT2D eigenvalue weighted by molar-refractivity contribution is -0.145. The van der Waals surface area contributed by atoms with Gasteiger partial charge in [-0.3, -0.25) is 24.4 Å². The average Bonchev–Trinajstić information content (AvgIpc) is 3.54. The zero-order valence-corrected chi connectivity index (χ0v) is 24.2. The van der Waals surface area contributed by atoms with Crippen LogP contribution >= 0.6 is 13.5 Å². The number of ether oxygens (including phenoxy) is 1. The number of hydrogen-bond donors (Lipinski definition) is 3. The van der Waals surface area contributed by atoms with Crippen molar-refractivity contribution in [3.05, 3.63) is 72.1 Å². The number of pyridine rings is 1. The molecule has 1 aliphatic heterocycles. The SMILES string of the molecule is COC(=O)[C@@H]1CCCN1C/C=C/C(=O)Nc1ccc(-c2cccc(C(C)C(=O)Nc3cc(C4CC4)[nH]n3)c2)cn1.S. The number of methoxy groups -OCH3 is 1. The molecule has 1 aliphatic carbocycles. The molecule has 2 amide bonds. The number of likely N-dealkylation sites (tertiary alicyclic amines) is 1. The van der Waals surface area contributed by atoms with Gasteiger partial charge in [0, 0.05) is 42.1 Å². The van der Waals surface area contributed by atoms with Gasteiger partial charge in [0.25, 0.3) is 0 Å². The number of carbonyl (C=O) groups is 3. The van der Waals surface area contributed by atoms with Crippen LogP contribution in [0.3, 0.4) is 0 Å². The van der Waals surface area contributed by atoms with Gasteiger partial charge in [0.05, 0.1) is 13.0 Å². The summed E-state index contributed by atoms with van der Waals surface area (Å²) in [7, 11) is 1.39. The molecule has 0 bridgehead atoms. The molecule has 1 aromatic carbocycles. The maximum Gasteiger partial charge on any atom is 0.323 e. The Bertz CT molecular complexity index is 1400. The number of rotatable bonds is 10. The van der Waals surface area contributed by atoms with Crippen LogP contribution in [0, 0.1) is 0 Å². The number of H-pyrrole nitrogens is 1. The summed E-state index contributed by atoms with van der Waals surface area (Å²) < 4.78 is 4.86. The van der Waals surface area contributed by atoms with Crippen LogP contribution in [0.4, 0.5) is 11.6 Å². The molecule has 5 rings (SSSR count). The Labute approximate surface area is 246 Å². The first-order chi connectivity index (χ1) is 19.4. The zero-order chi connectivity index (χ0) is 28.1. The minimum atomic E-state index is -0.372. The number of nitrogens with one attached hydrogen (secondary N) is 3. The second-order valence-electron chi connectivity index (χ2n) is 10.3. The smallest absolute Gasteiger partial charge is 0.323 e. The van der Waals surface area contributed by atoms with Crippen molar-refractivity contribution in [1.29, 1.82) is 0 Å². The van der Waals surface area contributed by atoms with Gasteiger partial charge in [-0.05, 0) is 62.4 Å². The summed E-state index contributed by atoms with van der Waals surface area (Å²) >= 11 is 0. The van der Waals surface area contributed by atoms with Gasteiger partial charge in [-0.25, -0.2) is 4.98 Å². The third-order valence-corrected chi connectivity index (χ3v) is 7.44. The Morgan fingerprint density at radius 2 is 1.93 bits per heavy atom. The van der Waals surface area contributed by atoms with Crippen LogP contribution in [0.2, 0.25) is 0 Å². The van der Waals surface area contributed by atoms with Crippen molar-refractivity contribution in [3.8, 4) is 11.1 Å². The molecular weight excluding hydrogens is 540 g/mol. The fraction of sp³-hybridized carbons (Fsp3) is 0.367. The summed E-state index contributed by atoms with van der Waals surface area (Å²) in [5, 5.41) is 12.9. The Morgan fingerprint density at radius 1 is 1.10 bits per heavy atom. The van der Waals surface area contributed by atoms with E-state index in [1.165, 1.54) is 13.2 Å². The Hall–Kier alpha value is -3.96. The molecule has 3 heterocycles. The molecule has 0 spiro atoms. The van der Waals surface area contributed by atoms with Crippen LogP contribution in [0.15, 0.2) is 60.8 Å². The highest BCUT2D eigenvalue weighted by Crippen LogP contribution is 2.39. The number of carbonyl (C=O) groups excluding carboxylic acids is 3. The fourth-order valence-corrected chi connectivity index (χ4v) is 4.93. The van der Waals surface area contributed by atoms with Gasteiger partial charge < -0.3 is 15.4 Å². The molecule has 2 fully saturated rings. The van der Waals surface area contributed by atoms with Crippen LogP contribution in [0.25, 0.3) is 11.1 Å². The van der Waals surface area contributed by atoms with E-state index in [4.69, 9.17) is 4.74 Å². The molecule has 1 unspecified atom stereocenters. The van der Waals surface area contributed by atoms with Crippen LogP contribution in [0.1, 0.15) is 55.7 Å². The predicted molar refractivity (Wildman–Crippen MR) is 162 cm³/mol. The van der Waals surface area contributed by atoms with E-state index in [0.717, 1.165) is 54.6 Å². The van der Waals surface area contributed by atoms with Crippen molar-refractivity contribution in [1.82, 2.24) is 20.1 Å². The van der Waals surface area contributed by atoms with Crippen LogP contribution in [-0.2, 0) is 19.1 Å². The highest BCUT2D eigenvalue weighted by atomic mass is 32.1. The van der Waals surface area contributed by atoms with E-state index in [0.29, 0.717) is 24.1 Å². The highest BCUT2D eigenvalue weighted by Gasteiger charge is 2.30. The fourth-order valence-electron chi connectivity index (χ4n) is 4.93. The second-order valence-corrected chi connectivity index (χ2v) is 10.3. The Balaban J connectivity index is 0.00000387. The summed E-state index contributed by atoms with van der Waals surface area (Å²) in [6, 6.07) is 13.1. The van der Waals surface area contributed by atoms with Crippen molar-refractivity contribution >= 4 is 42.9 Å². The number of benzene rings is 1. The number of anilines is 2. The van der Waals surface area contributed by atoms with Crippen molar-refractivity contribution in [2.24, 2.45) is 0 Å². The van der Waals surface area contributed by atoms with Crippen molar-refractivity contribution < 1.29 is 19.1 Å². The Morgan fingerprint density at radius 3 is 2.66 bits per heavy atom. The van der Waals surface area contributed by atoms with Gasteiger partial charge in [-0.1, -0.05) is 30.3 Å². The van der Waals surface area contributed by atoms with Crippen LogP contribution in [0.5, 0.6) is 0 Å². The van der Waals surface area contributed by atoms with Crippen molar-refractivity contribution in [2.75, 3.05) is 30.8 Å². The van der Waals surface area contributed by atoms with Gasteiger partial charge in [0.2, 0.25) is 11.8 Å². The largest absolute Gasteiger partial charge is 0.468 e. The van der Waals surface area contributed by atoms with E-state index >= 15 is 0 Å². The summed E-state index contributed by atoms with van der Waals surface area (Å²) in [6.45, 7) is 3.16. The van der Waals surface area contributed by atoms with E-state index < -0.39 is 0 Å². The van der Waals surface area contributed by atoms with E-state index in [-0.39, 0.29) is 43.2 Å². The molecule has 2 aliphatic rings. The van der Waals surface area contributed by atoms with Crippen molar-refractivity contribution in [2.45, 2.75) is 50.5 Å². The molecule has 1 saturated heterocycles. The van der Waals surface area contributed by atoms with Crippen LogP contribution < -0.4 is 10.6 Å². The lowest BCUT2D eigenvalue weighted by Gasteiger charge is -2.20. The lowest BCUT2D eigenvalue weighted by Crippen LogP contribution is -2.36. The molecule has 216 valence electrons. The first-order valence-electron chi connectivity index (χ1n) is 13.6. The summed E-state index contributed by atoms with van der Waals surface area (Å²) in [4.78, 5) is 43.5. The highest BCUT2D eigenvalue weighted by molar-refractivity contribution is 7.59. The number of esters is 1. The normalized spacial score (nSPS) is 17.6. The van der Waals surface area contributed by atoms with Gasteiger partial charge in [-0.2, -0.15) is 18.6 Å². The topological polar surface area (TPSA) is 129 Å². The van der Waals surface area contributed by atoms with E-state index in [2.05, 4.69) is 25.8 Å². The van der Waals surface area contributed by atoms with E-state index in [1.807, 2.05) is 48.2 Å². The molecule has 10 nitrogen and oxygen atoms in total. The van der Waals surface area contributed by atoms with Gasteiger partial charge in [-0.15, -0.1) is 0 Å². The predicted octanol–water partition coefficient (Wildman–Crippen LogP) is 4.34.